The molecule has 2 saturated heterocycles. The van der Waals surface area contributed by atoms with E-state index in [4.69, 9.17) is 28.4 Å². The molecule has 320 valence electrons. The van der Waals surface area contributed by atoms with Crippen LogP contribution in [-0.2, 0) is 28.4 Å². The normalized spacial score (nSPS) is 52.4. The Bertz CT molecular complexity index is 1280. The molecule has 15 nitrogen and oxygen atoms in total. The van der Waals surface area contributed by atoms with Crippen molar-refractivity contribution in [3.05, 3.63) is 0 Å². The first-order chi connectivity index (χ1) is 25.9. The van der Waals surface area contributed by atoms with Crippen LogP contribution in [0.25, 0.3) is 0 Å². The van der Waals surface area contributed by atoms with Crippen LogP contribution >= 0.6 is 0 Å². The molecule has 15 heteroatoms. The minimum Gasteiger partial charge on any atom is -0.394 e. The zero-order valence-corrected chi connectivity index (χ0v) is 33.6. The number of aliphatic hydroxyl groups excluding tert-OH is 8. The Kier molecular flexibility index (Phi) is 13.4. The van der Waals surface area contributed by atoms with Crippen molar-refractivity contribution in [2.75, 3.05) is 34.0 Å². The van der Waals surface area contributed by atoms with Gasteiger partial charge in [-0.2, -0.15) is 0 Å². The predicted octanol–water partition coefficient (Wildman–Crippen LogP) is -0.0801. The molecule has 0 aromatic rings. The lowest BCUT2D eigenvalue weighted by atomic mass is 9.41. The Hall–Kier alpha value is -0.600. The number of methoxy groups -OCH3 is 2. The molecule has 6 fully saturated rings. The van der Waals surface area contributed by atoms with E-state index in [1.165, 1.54) is 14.2 Å². The van der Waals surface area contributed by atoms with Gasteiger partial charge >= 0.3 is 0 Å². The molecule has 9 unspecified atom stereocenters. The zero-order valence-electron chi connectivity index (χ0n) is 33.6. The average molecular weight is 791 g/mol. The molecule has 0 spiro atoms. The highest BCUT2D eigenvalue weighted by molar-refractivity contribution is 5.22. The fourth-order valence-corrected chi connectivity index (χ4v) is 12.7. The largest absolute Gasteiger partial charge is 0.394 e. The summed E-state index contributed by atoms with van der Waals surface area (Å²) in [6.45, 7) is 10.1. The third-order valence-corrected chi connectivity index (χ3v) is 15.7. The zero-order chi connectivity index (χ0) is 40.4. The van der Waals surface area contributed by atoms with Crippen LogP contribution in [-0.4, -0.2) is 165 Å². The lowest BCUT2D eigenvalue weighted by Gasteiger charge is -2.66. The summed E-state index contributed by atoms with van der Waals surface area (Å²) in [7, 11) is 2.87. The first kappa shape index (κ1) is 44.0. The monoisotopic (exact) mass is 790 g/mol. The summed E-state index contributed by atoms with van der Waals surface area (Å²) in [5, 5.41) is 101. The standard InChI is InChI=1S/C40H70O15/c1-18(2)20(16-52-37-34(29(45)23(15-41)54-37)55-36-33(51-7)30(46)24(50-6)17-53-36)9-8-19(3)26-31(47)32(48)35-39(26,5)13-11-25-38(4)12-10-21(42)28(44)27(38)22(43)14-40(25,35)49/h18-37,41-49H,8-17H2,1-7H3/t19?,20?,21-,22?,23-,24+,25?,26?,27?,28-,29+,30-,31+,32?,33+,34+,35?,36-,37?,38+,39+,40-/m0/s1. The fraction of sp³-hybridized carbons (Fsp3) is 1.00. The lowest BCUT2D eigenvalue weighted by molar-refractivity contribution is -0.310. The van der Waals surface area contributed by atoms with Crippen LogP contribution < -0.4 is 0 Å². The van der Waals surface area contributed by atoms with Crippen LogP contribution in [0.1, 0.15) is 79.6 Å². The van der Waals surface area contributed by atoms with E-state index in [-0.39, 0.29) is 49.2 Å². The molecule has 0 aromatic carbocycles. The van der Waals surface area contributed by atoms with Crippen molar-refractivity contribution in [1.29, 1.82) is 0 Å². The summed E-state index contributed by atoms with van der Waals surface area (Å²) < 4.78 is 34.9. The van der Waals surface area contributed by atoms with E-state index in [1.54, 1.807) is 0 Å². The summed E-state index contributed by atoms with van der Waals surface area (Å²) in [5.41, 5.74) is -2.73. The quantitative estimate of drug-likeness (QED) is 0.119. The van der Waals surface area contributed by atoms with E-state index in [9.17, 15) is 46.0 Å². The molecular formula is C40H70O15. The number of ether oxygens (including phenoxy) is 6. The predicted molar refractivity (Wildman–Crippen MR) is 195 cm³/mol. The molecule has 55 heavy (non-hydrogen) atoms. The molecule has 0 bridgehead atoms. The highest BCUT2D eigenvalue weighted by Crippen LogP contribution is 2.70. The first-order valence-corrected chi connectivity index (χ1v) is 20.6. The van der Waals surface area contributed by atoms with Gasteiger partial charge in [0.15, 0.2) is 12.6 Å². The molecule has 9 N–H and O–H groups in total. The highest BCUT2D eigenvalue weighted by atomic mass is 16.8. The van der Waals surface area contributed by atoms with Crippen molar-refractivity contribution < 1.29 is 74.4 Å². The Balaban J connectivity index is 1.12. The van der Waals surface area contributed by atoms with Crippen LogP contribution in [0.15, 0.2) is 0 Å². The minimum absolute atomic E-state index is 0.0180. The second-order valence-electron chi connectivity index (χ2n) is 18.8. The minimum atomic E-state index is -1.46. The van der Waals surface area contributed by atoms with Gasteiger partial charge in [-0.25, -0.2) is 0 Å². The third kappa shape index (κ3) is 7.47. The second kappa shape index (κ2) is 16.8. The Morgan fingerprint density at radius 3 is 2.09 bits per heavy atom. The smallest absolute Gasteiger partial charge is 0.187 e. The van der Waals surface area contributed by atoms with Crippen molar-refractivity contribution in [1.82, 2.24) is 0 Å². The Morgan fingerprint density at radius 1 is 0.764 bits per heavy atom. The summed E-state index contributed by atoms with van der Waals surface area (Å²) in [4.78, 5) is 0. The molecular weight excluding hydrogens is 720 g/mol. The van der Waals surface area contributed by atoms with Crippen molar-refractivity contribution in [3.8, 4) is 0 Å². The Morgan fingerprint density at radius 2 is 1.45 bits per heavy atom. The molecule has 4 saturated carbocycles. The van der Waals surface area contributed by atoms with Gasteiger partial charge in [-0.3, -0.25) is 0 Å². The van der Waals surface area contributed by atoms with E-state index >= 15 is 0 Å². The summed E-state index contributed by atoms with van der Waals surface area (Å²) in [5.74, 6) is -1.79. The van der Waals surface area contributed by atoms with Crippen molar-refractivity contribution in [2.45, 2.75) is 165 Å². The second-order valence-corrected chi connectivity index (χ2v) is 18.8. The lowest BCUT2D eigenvalue weighted by Crippen LogP contribution is -2.71. The first-order valence-electron chi connectivity index (χ1n) is 20.6. The van der Waals surface area contributed by atoms with Crippen LogP contribution in [0.5, 0.6) is 0 Å². The molecule has 22 atom stereocenters. The van der Waals surface area contributed by atoms with Crippen molar-refractivity contribution in [2.24, 2.45) is 52.3 Å². The van der Waals surface area contributed by atoms with E-state index in [0.717, 1.165) is 0 Å². The summed E-state index contributed by atoms with van der Waals surface area (Å²) >= 11 is 0. The Labute approximate surface area is 325 Å². The molecule has 4 aliphatic carbocycles. The molecule has 0 amide bonds. The van der Waals surface area contributed by atoms with Gasteiger partial charge in [-0.15, -0.1) is 0 Å². The number of hydrogen-bond acceptors (Lipinski definition) is 15. The van der Waals surface area contributed by atoms with E-state index in [2.05, 4.69) is 27.7 Å². The maximum absolute atomic E-state index is 12.7. The van der Waals surface area contributed by atoms with Gasteiger partial charge in [-0.05, 0) is 78.9 Å². The van der Waals surface area contributed by atoms with Crippen LogP contribution in [0.3, 0.4) is 0 Å². The van der Waals surface area contributed by atoms with E-state index in [1.807, 2.05) is 6.92 Å². The summed E-state index contributed by atoms with van der Waals surface area (Å²) in [6.07, 6.45) is -9.78. The average Bonchev–Trinajstić information content (AvgIpc) is 3.53. The highest BCUT2D eigenvalue weighted by Gasteiger charge is 2.73. The van der Waals surface area contributed by atoms with Gasteiger partial charge in [0.05, 0.1) is 55.9 Å². The maximum atomic E-state index is 12.7. The van der Waals surface area contributed by atoms with Gasteiger partial charge in [0.1, 0.15) is 36.6 Å². The number of aliphatic hydroxyl groups is 9. The molecule has 6 aliphatic rings. The van der Waals surface area contributed by atoms with Gasteiger partial charge < -0.3 is 74.4 Å². The van der Waals surface area contributed by atoms with Gasteiger partial charge in [0, 0.05) is 32.5 Å². The number of fused-ring (bicyclic) bond motifs is 5. The number of rotatable bonds is 13. The third-order valence-electron chi connectivity index (χ3n) is 15.7. The van der Waals surface area contributed by atoms with Gasteiger partial charge in [0.25, 0.3) is 0 Å². The SMILES string of the molecule is CO[C@H]1[C@H](O[C@H]2C(OCC(CCC(C)C3[C@@H](O)C(O)C4[C@]3(C)CCC3[C@@]5(C)CC[C@H](O)[C@H](O)C5C(O)C[C@]34O)C(C)C)O[C@@H](CO)[C@H]2O)OC[C@@H](OC)[C@@H]1O. The topological polar surface area (TPSA) is 237 Å². The fourth-order valence-electron chi connectivity index (χ4n) is 12.7. The molecule has 6 rings (SSSR count). The van der Waals surface area contributed by atoms with Crippen molar-refractivity contribution in [3.63, 3.8) is 0 Å². The molecule has 2 aliphatic heterocycles. The molecule has 2 heterocycles. The van der Waals surface area contributed by atoms with E-state index in [0.29, 0.717) is 38.5 Å². The maximum Gasteiger partial charge on any atom is 0.187 e. The molecule has 0 aromatic heterocycles. The van der Waals surface area contributed by atoms with Crippen LogP contribution in [0, 0.1) is 52.3 Å². The van der Waals surface area contributed by atoms with Crippen LogP contribution in [0.4, 0.5) is 0 Å². The van der Waals surface area contributed by atoms with Crippen molar-refractivity contribution >= 4 is 0 Å². The molecule has 0 radical (unpaired) electrons. The summed E-state index contributed by atoms with van der Waals surface area (Å²) in [6, 6.07) is 0. The van der Waals surface area contributed by atoms with Gasteiger partial charge in [-0.1, -0.05) is 34.6 Å². The van der Waals surface area contributed by atoms with Crippen LogP contribution in [0.2, 0.25) is 0 Å². The van der Waals surface area contributed by atoms with E-state index < -0.39 is 115 Å². The number of hydrogen-bond donors (Lipinski definition) is 9. The van der Waals surface area contributed by atoms with Gasteiger partial charge in [0.2, 0.25) is 0 Å².